The number of aliphatic imine (C=N–C) groups is 1. The number of Topliss-reactive ketones (excluding diaryl/α,β-unsaturated/α-hetero) is 1. The maximum absolute atomic E-state index is 12.9. The molecule has 0 saturated carbocycles. The van der Waals surface area contributed by atoms with E-state index in [1.54, 1.807) is 11.3 Å². The van der Waals surface area contributed by atoms with Gasteiger partial charge in [-0.1, -0.05) is 48.5 Å². The third-order valence-corrected chi connectivity index (χ3v) is 5.50. The summed E-state index contributed by atoms with van der Waals surface area (Å²) in [5.74, 6) is 0.324. The van der Waals surface area contributed by atoms with E-state index in [4.69, 9.17) is 0 Å². The first kappa shape index (κ1) is 14.3. The van der Waals surface area contributed by atoms with Gasteiger partial charge in [-0.2, -0.15) is 0 Å². The van der Waals surface area contributed by atoms with Crippen molar-refractivity contribution in [3.63, 3.8) is 0 Å². The van der Waals surface area contributed by atoms with E-state index < -0.39 is 0 Å². The van der Waals surface area contributed by atoms with Crippen LogP contribution in [0.3, 0.4) is 0 Å². The number of benzene rings is 2. The summed E-state index contributed by atoms with van der Waals surface area (Å²) in [6.45, 7) is 0.742. The summed E-state index contributed by atoms with van der Waals surface area (Å²) in [7, 11) is 0. The zero-order chi connectivity index (χ0) is 15.6. The molecular formula is C20H17NOS. The molecule has 0 aliphatic carbocycles. The Morgan fingerprint density at radius 3 is 2.65 bits per heavy atom. The van der Waals surface area contributed by atoms with Gasteiger partial charge in [-0.05, 0) is 35.9 Å². The standard InChI is InChI=1S/C20H17NOS/c22-20(19-13-15-8-4-5-9-18(15)23-19)16-10-11-21-17(12-16)14-6-2-1-3-7-14/h1-9,13,16H,10-12H2. The van der Waals surface area contributed by atoms with E-state index in [1.165, 1.54) is 4.70 Å². The summed E-state index contributed by atoms with van der Waals surface area (Å²) >= 11 is 1.61. The first-order chi connectivity index (χ1) is 11.3. The Morgan fingerprint density at radius 2 is 1.83 bits per heavy atom. The molecule has 1 atom stereocenters. The van der Waals surface area contributed by atoms with E-state index in [0.29, 0.717) is 0 Å². The van der Waals surface area contributed by atoms with Crippen molar-refractivity contribution >= 4 is 32.9 Å². The highest BCUT2D eigenvalue weighted by Crippen LogP contribution is 2.30. The second kappa shape index (κ2) is 6.09. The second-order valence-electron chi connectivity index (χ2n) is 5.90. The second-order valence-corrected chi connectivity index (χ2v) is 6.98. The van der Waals surface area contributed by atoms with Gasteiger partial charge in [0.2, 0.25) is 0 Å². The average molecular weight is 319 g/mol. The molecule has 1 aliphatic heterocycles. The van der Waals surface area contributed by atoms with Crippen molar-refractivity contribution in [1.82, 2.24) is 0 Å². The first-order valence-corrected chi connectivity index (χ1v) is 8.74. The lowest BCUT2D eigenvalue weighted by Gasteiger charge is -2.20. The minimum Gasteiger partial charge on any atom is -0.293 e. The van der Waals surface area contributed by atoms with Gasteiger partial charge >= 0.3 is 0 Å². The lowest BCUT2D eigenvalue weighted by Crippen LogP contribution is -2.23. The maximum atomic E-state index is 12.9. The van der Waals surface area contributed by atoms with Crippen LogP contribution in [-0.2, 0) is 0 Å². The van der Waals surface area contributed by atoms with Crippen LogP contribution in [-0.4, -0.2) is 18.0 Å². The van der Waals surface area contributed by atoms with Crippen LogP contribution in [0.1, 0.15) is 28.1 Å². The zero-order valence-corrected chi connectivity index (χ0v) is 13.6. The molecule has 3 heteroatoms. The van der Waals surface area contributed by atoms with Gasteiger partial charge in [-0.3, -0.25) is 9.79 Å². The minimum atomic E-state index is 0.0516. The third kappa shape index (κ3) is 2.84. The van der Waals surface area contributed by atoms with E-state index >= 15 is 0 Å². The minimum absolute atomic E-state index is 0.0516. The highest BCUT2D eigenvalue weighted by atomic mass is 32.1. The number of rotatable bonds is 3. The molecule has 0 bridgehead atoms. The van der Waals surface area contributed by atoms with E-state index in [-0.39, 0.29) is 11.7 Å². The van der Waals surface area contributed by atoms with Crippen LogP contribution in [0.25, 0.3) is 10.1 Å². The molecule has 0 fully saturated rings. The number of nitrogens with zero attached hydrogens (tertiary/aromatic N) is 1. The van der Waals surface area contributed by atoms with Gasteiger partial charge in [0.15, 0.2) is 5.78 Å². The molecule has 2 nitrogen and oxygen atoms in total. The fraction of sp³-hybridized carbons (Fsp3) is 0.200. The van der Waals surface area contributed by atoms with Gasteiger partial charge in [-0.15, -0.1) is 11.3 Å². The molecule has 1 aliphatic rings. The van der Waals surface area contributed by atoms with Crippen LogP contribution in [0.4, 0.5) is 0 Å². The normalized spacial score (nSPS) is 17.9. The Hall–Kier alpha value is -2.26. The Balaban J connectivity index is 1.58. The van der Waals surface area contributed by atoms with Crippen molar-refractivity contribution in [2.24, 2.45) is 10.9 Å². The highest BCUT2D eigenvalue weighted by Gasteiger charge is 2.26. The molecule has 0 radical (unpaired) electrons. The summed E-state index contributed by atoms with van der Waals surface area (Å²) in [4.78, 5) is 18.4. The van der Waals surface area contributed by atoms with Crippen molar-refractivity contribution in [3.8, 4) is 0 Å². The molecule has 23 heavy (non-hydrogen) atoms. The lowest BCUT2D eigenvalue weighted by molar-refractivity contribution is 0.0920. The van der Waals surface area contributed by atoms with Crippen LogP contribution < -0.4 is 0 Å². The number of hydrogen-bond donors (Lipinski definition) is 0. The third-order valence-electron chi connectivity index (χ3n) is 4.37. The van der Waals surface area contributed by atoms with Crippen LogP contribution in [0.2, 0.25) is 0 Å². The Labute approximate surface area is 139 Å². The maximum Gasteiger partial charge on any atom is 0.176 e. The van der Waals surface area contributed by atoms with Crippen LogP contribution >= 0.6 is 11.3 Å². The van der Waals surface area contributed by atoms with Gasteiger partial charge in [-0.25, -0.2) is 0 Å². The zero-order valence-electron chi connectivity index (χ0n) is 12.7. The number of thiophene rings is 1. The molecule has 4 rings (SSSR count). The van der Waals surface area contributed by atoms with Gasteiger partial charge in [0.25, 0.3) is 0 Å². The van der Waals surface area contributed by atoms with Crippen LogP contribution in [0.5, 0.6) is 0 Å². The van der Waals surface area contributed by atoms with Crippen molar-refractivity contribution in [1.29, 1.82) is 0 Å². The quantitative estimate of drug-likeness (QED) is 0.626. The number of carbonyl (C=O) groups excluding carboxylic acids is 1. The fourth-order valence-electron chi connectivity index (χ4n) is 3.12. The molecule has 0 amide bonds. The average Bonchev–Trinajstić information content (AvgIpc) is 3.06. The van der Waals surface area contributed by atoms with Gasteiger partial charge < -0.3 is 0 Å². The van der Waals surface area contributed by atoms with E-state index in [2.05, 4.69) is 29.3 Å². The van der Waals surface area contributed by atoms with Gasteiger partial charge in [0.1, 0.15) is 0 Å². The van der Waals surface area contributed by atoms with Gasteiger partial charge in [0.05, 0.1) is 4.88 Å². The smallest absolute Gasteiger partial charge is 0.176 e. The molecule has 1 aromatic heterocycles. The molecule has 0 saturated heterocycles. The topological polar surface area (TPSA) is 29.4 Å². The Morgan fingerprint density at radius 1 is 1.04 bits per heavy atom. The molecule has 2 aromatic carbocycles. The molecule has 1 unspecified atom stereocenters. The number of ketones is 1. The number of hydrogen-bond acceptors (Lipinski definition) is 3. The monoisotopic (exact) mass is 319 g/mol. The predicted octanol–water partition coefficient (Wildman–Crippen LogP) is 4.98. The van der Waals surface area contributed by atoms with Crippen molar-refractivity contribution in [2.45, 2.75) is 12.8 Å². The lowest BCUT2D eigenvalue weighted by atomic mass is 9.88. The predicted molar refractivity (Wildman–Crippen MR) is 96.7 cm³/mol. The van der Waals surface area contributed by atoms with Crippen molar-refractivity contribution in [3.05, 3.63) is 71.1 Å². The first-order valence-electron chi connectivity index (χ1n) is 7.93. The Bertz CT molecular complexity index is 846. The van der Waals surface area contributed by atoms with Crippen LogP contribution in [0.15, 0.2) is 65.7 Å². The summed E-state index contributed by atoms with van der Waals surface area (Å²) in [6.07, 6.45) is 1.60. The molecule has 0 N–H and O–H groups in total. The number of fused-ring (bicyclic) bond motifs is 1. The summed E-state index contributed by atoms with van der Waals surface area (Å²) in [6, 6.07) is 20.4. The summed E-state index contributed by atoms with van der Waals surface area (Å²) < 4.78 is 1.18. The largest absolute Gasteiger partial charge is 0.293 e. The van der Waals surface area contributed by atoms with Crippen LogP contribution in [0, 0.1) is 5.92 Å². The molecular weight excluding hydrogens is 302 g/mol. The molecule has 114 valence electrons. The SMILES string of the molecule is O=C(c1cc2ccccc2s1)C1CCN=C(c2ccccc2)C1. The fourth-order valence-corrected chi connectivity index (χ4v) is 4.20. The highest BCUT2D eigenvalue weighted by molar-refractivity contribution is 7.20. The van der Waals surface area contributed by atoms with E-state index in [0.717, 1.165) is 40.9 Å². The van der Waals surface area contributed by atoms with Gasteiger partial charge in [0, 0.05) is 22.9 Å². The molecule has 0 spiro atoms. The van der Waals surface area contributed by atoms with E-state index in [1.807, 2.05) is 36.4 Å². The van der Waals surface area contributed by atoms with Crippen molar-refractivity contribution in [2.75, 3.05) is 6.54 Å². The molecule has 3 aromatic rings. The van der Waals surface area contributed by atoms with Crippen molar-refractivity contribution < 1.29 is 4.79 Å². The summed E-state index contributed by atoms with van der Waals surface area (Å²) in [5, 5.41) is 1.16. The number of carbonyl (C=O) groups is 1. The molecule has 2 heterocycles. The summed E-state index contributed by atoms with van der Waals surface area (Å²) in [5.41, 5.74) is 2.21. The Kier molecular flexibility index (Phi) is 3.80. The van der Waals surface area contributed by atoms with E-state index in [9.17, 15) is 4.79 Å².